The minimum absolute atomic E-state index is 0.0105. The molecule has 0 amide bonds. The quantitative estimate of drug-likeness (QED) is 0.308. The van der Waals surface area contributed by atoms with Crippen LogP contribution in [0.2, 0.25) is 0 Å². The van der Waals surface area contributed by atoms with E-state index in [1.54, 1.807) is 6.92 Å². The Bertz CT molecular complexity index is 375. The largest absolute Gasteiger partial charge is 0.308 e. The van der Waals surface area contributed by atoms with Crippen LogP contribution in [-0.2, 0) is 0 Å². The highest BCUT2D eigenvalue weighted by Crippen LogP contribution is 2.16. The number of nitrogens with two attached hydrogens (primary N) is 1. The molecule has 0 fully saturated rings. The van der Waals surface area contributed by atoms with Gasteiger partial charge < -0.3 is 5.43 Å². The summed E-state index contributed by atoms with van der Waals surface area (Å²) in [5, 5.41) is 0. The molecule has 0 saturated heterocycles. The number of amidine groups is 1. The number of halogens is 2. The summed E-state index contributed by atoms with van der Waals surface area (Å²) in [5.41, 5.74) is 2.27. The number of benzene rings is 1. The third kappa shape index (κ3) is 1.72. The zero-order valence-electron chi connectivity index (χ0n) is 7.94. The number of hydrogen-bond donors (Lipinski definition) is 2. The number of hydrazine groups is 1. The first-order valence-electron chi connectivity index (χ1n) is 4.00. The maximum atomic E-state index is 13.5. The standard InChI is InChI=1S/C9H11F2N3/c1-5-3-4-6(10)7(8(5)11)9(13-2)14-12/h3-4H,12H2,1-2H3,(H,13,14). The second kappa shape index (κ2) is 4.15. The first-order valence-corrected chi connectivity index (χ1v) is 4.00. The van der Waals surface area contributed by atoms with Gasteiger partial charge in [0, 0.05) is 7.05 Å². The van der Waals surface area contributed by atoms with Gasteiger partial charge in [0.15, 0.2) is 0 Å². The molecule has 3 N–H and O–H groups in total. The Kier molecular flexibility index (Phi) is 3.14. The molecule has 0 atom stereocenters. The van der Waals surface area contributed by atoms with Gasteiger partial charge >= 0.3 is 0 Å². The zero-order valence-corrected chi connectivity index (χ0v) is 7.94. The van der Waals surface area contributed by atoms with Crippen LogP contribution in [0.4, 0.5) is 8.78 Å². The fraction of sp³-hybridized carbons (Fsp3) is 0.222. The van der Waals surface area contributed by atoms with Gasteiger partial charge in [-0.2, -0.15) is 0 Å². The third-order valence-corrected chi connectivity index (χ3v) is 1.88. The van der Waals surface area contributed by atoms with Crippen LogP contribution < -0.4 is 11.3 Å². The van der Waals surface area contributed by atoms with Gasteiger partial charge in [0.2, 0.25) is 0 Å². The Hall–Kier alpha value is -1.49. The van der Waals surface area contributed by atoms with Crippen LogP contribution in [-0.4, -0.2) is 12.9 Å². The monoisotopic (exact) mass is 199 g/mol. The Labute approximate surface area is 80.6 Å². The van der Waals surface area contributed by atoms with Crippen molar-refractivity contribution < 1.29 is 8.78 Å². The van der Waals surface area contributed by atoms with Crippen molar-refractivity contribution in [2.75, 3.05) is 7.05 Å². The fourth-order valence-corrected chi connectivity index (χ4v) is 1.12. The average Bonchev–Trinajstić information content (AvgIpc) is 2.19. The lowest BCUT2D eigenvalue weighted by Gasteiger charge is -2.08. The van der Waals surface area contributed by atoms with Gasteiger partial charge in [0.05, 0.1) is 5.56 Å². The number of aryl methyl sites for hydroxylation is 1. The molecule has 14 heavy (non-hydrogen) atoms. The molecule has 0 saturated carbocycles. The van der Waals surface area contributed by atoms with Crippen LogP contribution in [0, 0.1) is 18.6 Å². The minimum Gasteiger partial charge on any atom is -0.308 e. The molecule has 0 spiro atoms. The molecule has 5 heteroatoms. The zero-order chi connectivity index (χ0) is 10.7. The lowest BCUT2D eigenvalue weighted by molar-refractivity contribution is 0.571. The van der Waals surface area contributed by atoms with Gasteiger partial charge in [-0.1, -0.05) is 6.07 Å². The molecule has 0 radical (unpaired) electrons. The smallest absolute Gasteiger partial charge is 0.148 e. The van der Waals surface area contributed by atoms with Crippen LogP contribution in [0.25, 0.3) is 0 Å². The van der Waals surface area contributed by atoms with Crippen molar-refractivity contribution in [3.05, 3.63) is 34.9 Å². The Balaban J connectivity index is 3.39. The molecule has 76 valence electrons. The molecule has 1 aromatic carbocycles. The lowest BCUT2D eigenvalue weighted by Crippen LogP contribution is -2.32. The van der Waals surface area contributed by atoms with E-state index in [9.17, 15) is 8.78 Å². The van der Waals surface area contributed by atoms with Crippen molar-refractivity contribution in [3.8, 4) is 0 Å². The summed E-state index contributed by atoms with van der Waals surface area (Å²) in [6.45, 7) is 1.54. The molecule has 1 aromatic rings. The number of hydrogen-bond acceptors (Lipinski definition) is 2. The number of rotatable bonds is 1. The van der Waals surface area contributed by atoms with Crippen molar-refractivity contribution in [2.45, 2.75) is 6.92 Å². The molecular weight excluding hydrogens is 188 g/mol. The molecule has 3 nitrogen and oxygen atoms in total. The summed E-state index contributed by atoms with van der Waals surface area (Å²) in [6, 6.07) is 2.54. The van der Waals surface area contributed by atoms with Crippen LogP contribution in [0.5, 0.6) is 0 Å². The first kappa shape index (κ1) is 10.6. The molecule has 0 bridgehead atoms. The van der Waals surface area contributed by atoms with Crippen LogP contribution in [0.3, 0.4) is 0 Å². The highest BCUT2D eigenvalue weighted by atomic mass is 19.1. The van der Waals surface area contributed by atoms with Crippen LogP contribution in [0.1, 0.15) is 11.1 Å². The lowest BCUT2D eigenvalue weighted by atomic mass is 10.1. The molecule has 0 aliphatic rings. The average molecular weight is 199 g/mol. The van der Waals surface area contributed by atoms with Crippen molar-refractivity contribution in [2.24, 2.45) is 10.8 Å². The van der Waals surface area contributed by atoms with E-state index in [0.29, 0.717) is 5.56 Å². The number of nitrogens with zero attached hydrogens (tertiary/aromatic N) is 1. The Morgan fingerprint density at radius 1 is 1.43 bits per heavy atom. The van der Waals surface area contributed by atoms with Gasteiger partial charge in [-0.3, -0.25) is 4.99 Å². The van der Waals surface area contributed by atoms with E-state index < -0.39 is 11.6 Å². The predicted octanol–water partition coefficient (Wildman–Crippen LogP) is 1.11. The van der Waals surface area contributed by atoms with E-state index in [4.69, 9.17) is 5.84 Å². The molecular formula is C9H11F2N3. The second-order valence-electron chi connectivity index (χ2n) is 2.77. The summed E-state index contributed by atoms with van der Waals surface area (Å²) in [5.74, 6) is 3.74. The molecule has 0 unspecified atom stereocenters. The van der Waals surface area contributed by atoms with E-state index in [2.05, 4.69) is 10.4 Å². The molecule has 1 rings (SSSR count). The molecule has 0 aliphatic carbocycles. The van der Waals surface area contributed by atoms with E-state index in [-0.39, 0.29) is 11.4 Å². The van der Waals surface area contributed by atoms with Crippen LogP contribution >= 0.6 is 0 Å². The molecule has 0 aliphatic heterocycles. The topological polar surface area (TPSA) is 50.4 Å². The molecule has 0 heterocycles. The van der Waals surface area contributed by atoms with Gasteiger partial charge in [-0.15, -0.1) is 0 Å². The molecule has 0 aromatic heterocycles. The first-order chi connectivity index (χ1) is 6.61. The van der Waals surface area contributed by atoms with E-state index in [1.165, 1.54) is 19.2 Å². The summed E-state index contributed by atoms with van der Waals surface area (Å²) < 4.78 is 26.7. The Morgan fingerprint density at radius 2 is 2.07 bits per heavy atom. The van der Waals surface area contributed by atoms with E-state index in [1.807, 2.05) is 0 Å². The fourth-order valence-electron chi connectivity index (χ4n) is 1.12. The van der Waals surface area contributed by atoms with Gasteiger partial charge in [-0.05, 0) is 18.6 Å². The van der Waals surface area contributed by atoms with E-state index in [0.717, 1.165) is 0 Å². The van der Waals surface area contributed by atoms with Crippen molar-refractivity contribution in [3.63, 3.8) is 0 Å². The summed E-state index contributed by atoms with van der Waals surface area (Å²) >= 11 is 0. The highest BCUT2D eigenvalue weighted by molar-refractivity contribution is 5.98. The number of nitrogens with one attached hydrogen (secondary N) is 1. The van der Waals surface area contributed by atoms with Crippen molar-refractivity contribution in [1.82, 2.24) is 5.43 Å². The summed E-state index contributed by atoms with van der Waals surface area (Å²) in [6.07, 6.45) is 0. The van der Waals surface area contributed by atoms with Crippen molar-refractivity contribution in [1.29, 1.82) is 0 Å². The predicted molar refractivity (Wildman–Crippen MR) is 50.9 cm³/mol. The second-order valence-corrected chi connectivity index (χ2v) is 2.77. The minimum atomic E-state index is -0.688. The van der Waals surface area contributed by atoms with Gasteiger partial charge in [0.25, 0.3) is 0 Å². The highest BCUT2D eigenvalue weighted by Gasteiger charge is 2.15. The summed E-state index contributed by atoms with van der Waals surface area (Å²) in [4.78, 5) is 3.64. The third-order valence-electron chi connectivity index (χ3n) is 1.88. The van der Waals surface area contributed by atoms with Gasteiger partial charge in [0.1, 0.15) is 17.5 Å². The maximum Gasteiger partial charge on any atom is 0.148 e. The van der Waals surface area contributed by atoms with Gasteiger partial charge in [-0.25, -0.2) is 14.6 Å². The normalized spacial score (nSPS) is 11.6. The van der Waals surface area contributed by atoms with Crippen molar-refractivity contribution >= 4 is 5.84 Å². The summed E-state index contributed by atoms with van der Waals surface area (Å²) in [7, 11) is 1.40. The number of aliphatic imine (C=N–C) groups is 1. The Morgan fingerprint density at radius 3 is 2.57 bits per heavy atom. The maximum absolute atomic E-state index is 13.5. The van der Waals surface area contributed by atoms with E-state index >= 15 is 0 Å². The van der Waals surface area contributed by atoms with Crippen LogP contribution in [0.15, 0.2) is 17.1 Å². The SMILES string of the molecule is CN=C(NN)c1c(F)ccc(C)c1F.